The zero-order chi connectivity index (χ0) is 16.0. The largest absolute Gasteiger partial charge is 0.347 e. The summed E-state index contributed by atoms with van der Waals surface area (Å²) in [5, 5.41) is 13.0. The van der Waals surface area contributed by atoms with Crippen LogP contribution in [0.25, 0.3) is 0 Å². The second kappa shape index (κ2) is 5.11. The normalized spacial score (nSPS) is 16.3. The van der Waals surface area contributed by atoms with Crippen LogP contribution in [0.1, 0.15) is 30.1 Å². The first-order valence-corrected chi connectivity index (χ1v) is 8.47. The van der Waals surface area contributed by atoms with Gasteiger partial charge in [0.2, 0.25) is 0 Å². The number of hydrogen-bond acceptors (Lipinski definition) is 5. The number of carbonyl (C=O) groups is 1. The molecule has 2 rings (SSSR count). The molecule has 1 saturated carbocycles. The standard InChI is InChI=1S/C11H10Cl2N2O5S/c1-11(2-3-11)14-10(16)6-4-7(15(17)18)9(12)8(5-6)21(13,19)20/h4-5H,2-3H2,1H3,(H,14,16). The van der Waals surface area contributed by atoms with Crippen molar-refractivity contribution in [2.75, 3.05) is 0 Å². The Morgan fingerprint density at radius 3 is 2.43 bits per heavy atom. The van der Waals surface area contributed by atoms with Gasteiger partial charge in [-0.15, -0.1) is 0 Å². The van der Waals surface area contributed by atoms with E-state index in [1.54, 1.807) is 0 Å². The van der Waals surface area contributed by atoms with Crippen molar-refractivity contribution in [2.24, 2.45) is 0 Å². The van der Waals surface area contributed by atoms with E-state index in [1.807, 2.05) is 6.92 Å². The predicted octanol–water partition coefficient (Wildman–Crippen LogP) is 2.46. The minimum absolute atomic E-state index is 0.182. The first-order valence-electron chi connectivity index (χ1n) is 5.79. The van der Waals surface area contributed by atoms with E-state index in [-0.39, 0.29) is 11.1 Å². The Morgan fingerprint density at radius 1 is 1.43 bits per heavy atom. The fourth-order valence-corrected chi connectivity index (χ4v) is 3.24. The molecule has 0 aliphatic heterocycles. The molecule has 114 valence electrons. The van der Waals surface area contributed by atoms with Gasteiger partial charge in [0.1, 0.15) is 9.92 Å². The molecule has 1 aromatic rings. The molecule has 0 heterocycles. The van der Waals surface area contributed by atoms with E-state index < -0.39 is 35.5 Å². The summed E-state index contributed by atoms with van der Waals surface area (Å²) in [5.74, 6) is -0.615. The molecular formula is C11H10Cl2N2O5S. The van der Waals surface area contributed by atoms with Crippen LogP contribution in [0, 0.1) is 10.1 Å². The van der Waals surface area contributed by atoms with E-state index in [9.17, 15) is 23.3 Å². The highest BCUT2D eigenvalue weighted by Crippen LogP contribution is 2.37. The van der Waals surface area contributed by atoms with E-state index in [1.165, 1.54) is 0 Å². The first-order chi connectivity index (χ1) is 9.53. The summed E-state index contributed by atoms with van der Waals surface area (Å²) < 4.78 is 22.9. The van der Waals surface area contributed by atoms with Gasteiger partial charge in [0, 0.05) is 27.9 Å². The summed E-state index contributed by atoms with van der Waals surface area (Å²) >= 11 is 5.67. The van der Waals surface area contributed by atoms with Crippen molar-refractivity contribution in [1.82, 2.24) is 5.32 Å². The van der Waals surface area contributed by atoms with Crippen LogP contribution in [0.3, 0.4) is 0 Å². The van der Waals surface area contributed by atoms with E-state index in [0.29, 0.717) is 0 Å². The van der Waals surface area contributed by atoms with Crippen LogP contribution in [0.15, 0.2) is 17.0 Å². The van der Waals surface area contributed by atoms with Gasteiger partial charge in [-0.05, 0) is 25.8 Å². The highest BCUT2D eigenvalue weighted by molar-refractivity contribution is 8.13. The van der Waals surface area contributed by atoms with E-state index >= 15 is 0 Å². The molecule has 1 aromatic carbocycles. The van der Waals surface area contributed by atoms with Gasteiger partial charge in [-0.3, -0.25) is 14.9 Å². The number of benzene rings is 1. The number of amides is 1. The van der Waals surface area contributed by atoms with Gasteiger partial charge >= 0.3 is 0 Å². The van der Waals surface area contributed by atoms with Crippen LogP contribution in [0.2, 0.25) is 5.02 Å². The molecule has 10 heteroatoms. The molecule has 0 unspecified atom stereocenters. The molecular weight excluding hydrogens is 343 g/mol. The number of halogens is 2. The predicted molar refractivity (Wildman–Crippen MR) is 76.3 cm³/mol. The second-order valence-electron chi connectivity index (χ2n) is 5.02. The lowest BCUT2D eigenvalue weighted by atomic mass is 10.1. The van der Waals surface area contributed by atoms with Crippen molar-refractivity contribution in [3.05, 3.63) is 32.8 Å². The molecule has 0 radical (unpaired) electrons. The maximum Gasteiger partial charge on any atom is 0.290 e. The second-order valence-corrected chi connectivity index (χ2v) is 7.93. The average molecular weight is 353 g/mol. The van der Waals surface area contributed by atoms with Crippen molar-refractivity contribution >= 4 is 42.9 Å². The van der Waals surface area contributed by atoms with E-state index in [0.717, 1.165) is 25.0 Å². The Bertz CT molecular complexity index is 743. The van der Waals surface area contributed by atoms with Crippen molar-refractivity contribution in [3.63, 3.8) is 0 Å². The van der Waals surface area contributed by atoms with Gasteiger partial charge in [-0.1, -0.05) is 11.6 Å². The average Bonchev–Trinajstić information content (AvgIpc) is 3.04. The Hall–Kier alpha value is -1.38. The lowest BCUT2D eigenvalue weighted by Gasteiger charge is -2.12. The summed E-state index contributed by atoms with van der Waals surface area (Å²) in [6.07, 6.45) is 1.57. The minimum atomic E-state index is -4.32. The van der Waals surface area contributed by atoms with Gasteiger partial charge in [-0.25, -0.2) is 8.42 Å². The molecule has 0 bridgehead atoms. The lowest BCUT2D eigenvalue weighted by molar-refractivity contribution is -0.384. The molecule has 1 fully saturated rings. The monoisotopic (exact) mass is 352 g/mol. The number of nitro groups is 1. The van der Waals surface area contributed by atoms with Crippen LogP contribution in [0.4, 0.5) is 5.69 Å². The molecule has 1 amide bonds. The molecule has 1 aliphatic rings. The van der Waals surface area contributed by atoms with Gasteiger partial charge < -0.3 is 5.32 Å². The first kappa shape index (κ1) is 16.0. The third-order valence-electron chi connectivity index (χ3n) is 3.16. The Kier molecular flexibility index (Phi) is 3.90. The zero-order valence-corrected chi connectivity index (χ0v) is 13.0. The molecule has 1 aliphatic carbocycles. The van der Waals surface area contributed by atoms with E-state index in [2.05, 4.69) is 5.32 Å². The SMILES string of the molecule is CC1(NC(=O)c2cc([N+](=O)[O-])c(Cl)c(S(=O)(=O)Cl)c2)CC1. The smallest absolute Gasteiger partial charge is 0.290 e. The van der Waals surface area contributed by atoms with Gasteiger partial charge in [0.05, 0.1) is 4.92 Å². The Labute approximate surface area is 129 Å². The molecule has 0 saturated heterocycles. The zero-order valence-electron chi connectivity index (χ0n) is 10.7. The number of nitrogens with one attached hydrogen (secondary N) is 1. The number of nitro benzene ring substituents is 1. The van der Waals surface area contributed by atoms with Gasteiger partial charge in [0.15, 0.2) is 0 Å². The molecule has 0 aromatic heterocycles. The summed E-state index contributed by atoms with van der Waals surface area (Å²) in [4.78, 5) is 21.4. The third kappa shape index (κ3) is 3.45. The highest BCUT2D eigenvalue weighted by atomic mass is 35.7. The van der Waals surface area contributed by atoms with Crippen molar-refractivity contribution < 1.29 is 18.1 Å². The Balaban J connectivity index is 2.54. The summed E-state index contributed by atoms with van der Waals surface area (Å²) in [5.41, 5.74) is -1.23. The van der Waals surface area contributed by atoms with Gasteiger partial charge in [-0.2, -0.15) is 0 Å². The summed E-state index contributed by atoms with van der Waals surface area (Å²) in [6.45, 7) is 1.81. The minimum Gasteiger partial charge on any atom is -0.347 e. The van der Waals surface area contributed by atoms with Crippen LogP contribution >= 0.6 is 22.3 Å². The number of hydrogen-bond donors (Lipinski definition) is 1. The van der Waals surface area contributed by atoms with E-state index in [4.69, 9.17) is 22.3 Å². The van der Waals surface area contributed by atoms with Crippen LogP contribution in [-0.4, -0.2) is 24.8 Å². The fourth-order valence-electron chi connectivity index (χ4n) is 1.68. The summed E-state index contributed by atoms with van der Waals surface area (Å²) in [7, 11) is 0.878. The van der Waals surface area contributed by atoms with Crippen LogP contribution < -0.4 is 5.32 Å². The summed E-state index contributed by atoms with van der Waals surface area (Å²) in [6, 6.07) is 1.85. The van der Waals surface area contributed by atoms with Gasteiger partial charge in [0.25, 0.3) is 20.6 Å². The van der Waals surface area contributed by atoms with Crippen molar-refractivity contribution in [3.8, 4) is 0 Å². The van der Waals surface area contributed by atoms with Crippen molar-refractivity contribution in [2.45, 2.75) is 30.2 Å². The number of rotatable bonds is 4. The molecule has 21 heavy (non-hydrogen) atoms. The maximum absolute atomic E-state index is 12.1. The fraction of sp³-hybridized carbons (Fsp3) is 0.364. The van der Waals surface area contributed by atoms with Crippen LogP contribution in [-0.2, 0) is 9.05 Å². The molecule has 7 nitrogen and oxygen atoms in total. The number of nitrogens with zero attached hydrogens (tertiary/aromatic N) is 1. The molecule has 1 N–H and O–H groups in total. The number of carbonyl (C=O) groups excluding carboxylic acids is 1. The maximum atomic E-state index is 12.1. The lowest BCUT2D eigenvalue weighted by Crippen LogP contribution is -2.34. The Morgan fingerprint density at radius 2 is 2.00 bits per heavy atom. The van der Waals surface area contributed by atoms with Crippen LogP contribution in [0.5, 0.6) is 0 Å². The highest BCUT2D eigenvalue weighted by Gasteiger charge is 2.39. The topological polar surface area (TPSA) is 106 Å². The molecule has 0 spiro atoms. The third-order valence-corrected chi connectivity index (χ3v) is 5.01. The quantitative estimate of drug-likeness (QED) is 0.508. The van der Waals surface area contributed by atoms with Crippen molar-refractivity contribution in [1.29, 1.82) is 0 Å². The molecule has 0 atom stereocenters.